The van der Waals surface area contributed by atoms with Crippen molar-refractivity contribution in [2.45, 2.75) is 13.3 Å². The van der Waals surface area contributed by atoms with Gasteiger partial charge in [0.25, 0.3) is 0 Å². The zero-order valence-electron chi connectivity index (χ0n) is 12.6. The summed E-state index contributed by atoms with van der Waals surface area (Å²) in [6, 6.07) is 10.9. The number of halogens is 2. The molecule has 0 saturated heterocycles. The summed E-state index contributed by atoms with van der Waals surface area (Å²) in [6.45, 7) is 1.89. The van der Waals surface area contributed by atoms with Crippen molar-refractivity contribution in [1.82, 2.24) is 20.2 Å². The number of nitrogens with zero attached hydrogens (tertiary/aromatic N) is 4. The van der Waals surface area contributed by atoms with E-state index in [1.54, 1.807) is 6.07 Å². The Morgan fingerprint density at radius 1 is 1.21 bits per heavy atom. The zero-order chi connectivity index (χ0) is 17.3. The maximum Gasteiger partial charge on any atom is 0.338 e. The monoisotopic (exact) mass is 362 g/mol. The van der Waals surface area contributed by atoms with Crippen LogP contribution in [0.1, 0.15) is 23.1 Å². The fraction of sp³-hybridized carbons (Fsp3) is 0.125. The highest BCUT2D eigenvalue weighted by atomic mass is 35.5. The molecular formula is C16H12Cl2N4O2. The van der Waals surface area contributed by atoms with Crippen molar-refractivity contribution in [2.75, 3.05) is 0 Å². The van der Waals surface area contributed by atoms with E-state index < -0.39 is 5.97 Å². The number of aromatic nitrogens is 4. The van der Waals surface area contributed by atoms with Crippen LogP contribution in [0.5, 0.6) is 0 Å². The summed E-state index contributed by atoms with van der Waals surface area (Å²) >= 11 is 12.6. The first kappa shape index (κ1) is 16.4. The fourth-order valence-corrected chi connectivity index (χ4v) is 3.10. The van der Waals surface area contributed by atoms with E-state index in [4.69, 9.17) is 23.2 Å². The Hall–Kier alpha value is -2.44. The summed E-state index contributed by atoms with van der Waals surface area (Å²) in [4.78, 5) is 11.7. The molecule has 1 N–H and O–H groups in total. The Labute approximate surface area is 147 Å². The maximum atomic E-state index is 11.7. The van der Waals surface area contributed by atoms with Crippen LogP contribution in [0.4, 0.5) is 0 Å². The Kier molecular flexibility index (Phi) is 4.51. The van der Waals surface area contributed by atoms with Crippen molar-refractivity contribution in [3.8, 4) is 16.8 Å². The molecule has 3 rings (SSSR count). The van der Waals surface area contributed by atoms with Gasteiger partial charge in [-0.2, -0.15) is 4.68 Å². The van der Waals surface area contributed by atoms with Gasteiger partial charge in [-0.1, -0.05) is 60.5 Å². The summed E-state index contributed by atoms with van der Waals surface area (Å²) in [5.41, 5.74) is 1.52. The van der Waals surface area contributed by atoms with Crippen LogP contribution < -0.4 is 0 Å². The Bertz CT molecular complexity index is 910. The first-order chi connectivity index (χ1) is 11.5. The van der Waals surface area contributed by atoms with E-state index in [1.807, 2.05) is 37.3 Å². The van der Waals surface area contributed by atoms with Crippen LogP contribution >= 0.6 is 23.2 Å². The molecule has 8 heteroatoms. The molecule has 6 nitrogen and oxygen atoms in total. The van der Waals surface area contributed by atoms with Gasteiger partial charge in [0, 0.05) is 12.0 Å². The highest BCUT2D eigenvalue weighted by Gasteiger charge is 2.24. The number of carboxylic acid groups (broad SMARTS) is 1. The van der Waals surface area contributed by atoms with Gasteiger partial charge in [0.1, 0.15) is 0 Å². The molecule has 1 aromatic heterocycles. The van der Waals surface area contributed by atoms with E-state index in [0.717, 1.165) is 5.56 Å². The standard InChI is InChI=1S/C16H12Cl2N4O2/c1-2-12-19-20-21-22(12)11-8-10(9-6-4-3-5-7-9)14(17)13(15(11)18)16(23)24/h3-8H,2H2,1H3,(H,23,24). The van der Waals surface area contributed by atoms with E-state index in [2.05, 4.69) is 15.5 Å². The first-order valence-corrected chi connectivity index (χ1v) is 7.88. The second kappa shape index (κ2) is 6.59. The molecule has 0 fully saturated rings. The third-order valence-electron chi connectivity index (χ3n) is 3.56. The molecule has 0 radical (unpaired) electrons. The van der Waals surface area contributed by atoms with Crippen molar-refractivity contribution in [1.29, 1.82) is 0 Å². The summed E-state index contributed by atoms with van der Waals surface area (Å²) in [5, 5.41) is 21.1. The molecule has 24 heavy (non-hydrogen) atoms. The van der Waals surface area contributed by atoms with Crippen molar-refractivity contribution in [3.63, 3.8) is 0 Å². The molecular weight excluding hydrogens is 351 g/mol. The molecule has 0 spiro atoms. The number of aromatic carboxylic acids is 1. The van der Waals surface area contributed by atoms with Gasteiger partial charge in [0.05, 0.1) is 21.3 Å². The number of tetrazole rings is 1. The zero-order valence-corrected chi connectivity index (χ0v) is 14.1. The van der Waals surface area contributed by atoms with E-state index in [9.17, 15) is 9.90 Å². The smallest absolute Gasteiger partial charge is 0.338 e. The van der Waals surface area contributed by atoms with Gasteiger partial charge in [0.2, 0.25) is 0 Å². The molecule has 0 amide bonds. The van der Waals surface area contributed by atoms with Crippen molar-refractivity contribution in [2.24, 2.45) is 0 Å². The van der Waals surface area contributed by atoms with Crippen LogP contribution in [-0.4, -0.2) is 31.3 Å². The molecule has 0 aliphatic carbocycles. The summed E-state index contributed by atoms with van der Waals surface area (Å²) in [6.07, 6.45) is 0.565. The third-order valence-corrected chi connectivity index (χ3v) is 4.33. The minimum atomic E-state index is -1.21. The molecule has 3 aromatic rings. The fourth-order valence-electron chi connectivity index (χ4n) is 2.41. The predicted octanol–water partition coefficient (Wildman–Crippen LogP) is 3.90. The lowest BCUT2D eigenvalue weighted by Crippen LogP contribution is -2.08. The minimum Gasteiger partial charge on any atom is -0.478 e. The van der Waals surface area contributed by atoms with Gasteiger partial charge >= 0.3 is 5.97 Å². The molecule has 122 valence electrons. The van der Waals surface area contributed by atoms with Crippen molar-refractivity contribution >= 4 is 29.2 Å². The van der Waals surface area contributed by atoms with E-state index in [-0.39, 0.29) is 15.6 Å². The summed E-state index contributed by atoms with van der Waals surface area (Å²) in [7, 11) is 0. The topological polar surface area (TPSA) is 80.9 Å². The molecule has 1 heterocycles. The third kappa shape index (κ3) is 2.74. The van der Waals surface area contributed by atoms with Crippen LogP contribution in [0, 0.1) is 0 Å². The Balaban J connectivity index is 2.35. The van der Waals surface area contributed by atoms with E-state index in [0.29, 0.717) is 23.5 Å². The maximum absolute atomic E-state index is 11.7. The van der Waals surface area contributed by atoms with Crippen molar-refractivity contribution in [3.05, 3.63) is 57.8 Å². The van der Waals surface area contributed by atoms with Gasteiger partial charge in [-0.25, -0.2) is 4.79 Å². The number of carbonyl (C=O) groups is 1. The number of hydrogen-bond acceptors (Lipinski definition) is 4. The number of aryl methyl sites for hydroxylation is 1. The minimum absolute atomic E-state index is 0.00539. The summed E-state index contributed by atoms with van der Waals surface area (Å²) in [5.74, 6) is -0.648. The van der Waals surface area contributed by atoms with Crippen molar-refractivity contribution < 1.29 is 9.90 Å². The van der Waals surface area contributed by atoms with Gasteiger partial charge in [-0.15, -0.1) is 5.10 Å². The quantitative estimate of drug-likeness (QED) is 0.761. The SMILES string of the molecule is CCc1nnnn1-c1cc(-c2ccccc2)c(Cl)c(C(=O)O)c1Cl. The number of hydrogen-bond donors (Lipinski definition) is 1. The van der Waals surface area contributed by atoms with Gasteiger partial charge in [-0.05, 0) is 22.1 Å². The van der Waals surface area contributed by atoms with Gasteiger partial charge in [-0.3, -0.25) is 0 Å². The normalized spacial score (nSPS) is 10.8. The van der Waals surface area contributed by atoms with Crippen LogP contribution in [-0.2, 0) is 6.42 Å². The van der Waals surface area contributed by atoms with E-state index in [1.165, 1.54) is 4.68 Å². The predicted molar refractivity (Wildman–Crippen MR) is 90.9 cm³/mol. The Morgan fingerprint density at radius 2 is 1.92 bits per heavy atom. The lowest BCUT2D eigenvalue weighted by atomic mass is 10.0. The average Bonchev–Trinajstić information content (AvgIpc) is 3.04. The average molecular weight is 363 g/mol. The lowest BCUT2D eigenvalue weighted by molar-refractivity contribution is 0.0697. The molecule has 0 aliphatic rings. The van der Waals surface area contributed by atoms with Crippen LogP contribution in [0.25, 0.3) is 16.8 Å². The van der Waals surface area contributed by atoms with Gasteiger partial charge in [0.15, 0.2) is 5.82 Å². The second-order valence-corrected chi connectivity index (χ2v) is 5.73. The largest absolute Gasteiger partial charge is 0.478 e. The highest BCUT2D eigenvalue weighted by Crippen LogP contribution is 2.39. The number of rotatable bonds is 4. The molecule has 0 bridgehead atoms. The molecule has 2 aromatic carbocycles. The number of carboxylic acids is 1. The van der Waals surface area contributed by atoms with Crippen LogP contribution in [0.2, 0.25) is 10.0 Å². The highest BCUT2D eigenvalue weighted by molar-refractivity contribution is 6.42. The van der Waals surface area contributed by atoms with Gasteiger partial charge < -0.3 is 5.11 Å². The molecule has 0 aliphatic heterocycles. The lowest BCUT2D eigenvalue weighted by Gasteiger charge is -2.14. The second-order valence-electron chi connectivity index (χ2n) is 4.98. The number of benzene rings is 2. The van der Waals surface area contributed by atoms with E-state index >= 15 is 0 Å². The molecule has 0 saturated carbocycles. The first-order valence-electron chi connectivity index (χ1n) is 7.13. The molecule has 0 unspecified atom stereocenters. The summed E-state index contributed by atoms with van der Waals surface area (Å²) < 4.78 is 1.43. The van der Waals surface area contributed by atoms with Crippen LogP contribution in [0.3, 0.4) is 0 Å². The molecule has 0 atom stereocenters. The Morgan fingerprint density at radius 3 is 2.54 bits per heavy atom. The van der Waals surface area contributed by atoms with Crippen LogP contribution in [0.15, 0.2) is 36.4 Å².